The third-order valence-corrected chi connectivity index (χ3v) is 5.76. The maximum absolute atomic E-state index is 12.0. The van der Waals surface area contributed by atoms with Gasteiger partial charge in [0.05, 0.1) is 22.6 Å². The number of benzene rings is 2. The van der Waals surface area contributed by atoms with Gasteiger partial charge in [-0.2, -0.15) is 0 Å². The van der Waals surface area contributed by atoms with Crippen molar-refractivity contribution in [2.24, 2.45) is 5.92 Å². The highest BCUT2D eigenvalue weighted by Gasteiger charge is 2.23. The lowest BCUT2D eigenvalue weighted by molar-refractivity contribution is -0.146. The third-order valence-electron chi connectivity index (χ3n) is 3.42. The number of thioether (sulfide) groups is 1. The molecule has 1 atom stereocenters. The van der Waals surface area contributed by atoms with E-state index in [1.54, 1.807) is 24.3 Å². The number of carbonyl (C=O) groups excluding carboxylic acids is 1. The van der Waals surface area contributed by atoms with Crippen LogP contribution < -0.4 is 4.74 Å². The number of rotatable bonds is 7. The Morgan fingerprint density at radius 1 is 1.12 bits per heavy atom. The van der Waals surface area contributed by atoms with Gasteiger partial charge in [0.2, 0.25) is 0 Å². The fraction of sp³-hybridized carbons (Fsp3) is 0.167. The topological polar surface area (TPSA) is 76.5 Å². The fourth-order valence-electron chi connectivity index (χ4n) is 2.17. The number of thiazole rings is 1. The van der Waals surface area contributed by atoms with Gasteiger partial charge in [0.25, 0.3) is 0 Å². The number of fused-ring (bicyclic) bond motifs is 1. The molecular formula is C18H15NO4S2. The van der Waals surface area contributed by atoms with E-state index in [9.17, 15) is 14.7 Å². The van der Waals surface area contributed by atoms with Gasteiger partial charge in [-0.25, -0.2) is 4.98 Å². The van der Waals surface area contributed by atoms with Gasteiger partial charge in [0.1, 0.15) is 5.75 Å². The van der Waals surface area contributed by atoms with Gasteiger partial charge < -0.3 is 9.84 Å². The van der Waals surface area contributed by atoms with Crippen LogP contribution in [0.15, 0.2) is 58.9 Å². The van der Waals surface area contributed by atoms with Crippen LogP contribution in [0.25, 0.3) is 10.2 Å². The number of hydrogen-bond donors (Lipinski definition) is 1. The first kappa shape index (κ1) is 17.4. The molecule has 5 nitrogen and oxygen atoms in total. The number of carboxylic acid groups (broad SMARTS) is 1. The minimum atomic E-state index is -1.02. The second-order valence-electron chi connectivity index (χ2n) is 5.28. The lowest BCUT2D eigenvalue weighted by atomic mass is 10.1. The molecule has 0 spiro atoms. The molecule has 1 heterocycles. The average Bonchev–Trinajstić information content (AvgIpc) is 3.02. The predicted octanol–water partition coefficient (Wildman–Crippen LogP) is 4.08. The summed E-state index contributed by atoms with van der Waals surface area (Å²) in [6.45, 7) is 0. The molecule has 128 valence electrons. The third kappa shape index (κ3) is 4.80. The van der Waals surface area contributed by atoms with Gasteiger partial charge in [-0.05, 0) is 24.3 Å². The first-order valence-electron chi connectivity index (χ1n) is 7.59. The number of para-hydroxylation sites is 2. The monoisotopic (exact) mass is 373 g/mol. The molecule has 1 aromatic heterocycles. The molecule has 0 bridgehead atoms. The van der Waals surface area contributed by atoms with E-state index in [0.717, 1.165) is 14.6 Å². The van der Waals surface area contributed by atoms with Crippen LogP contribution in [0.5, 0.6) is 5.75 Å². The largest absolute Gasteiger partial charge is 0.481 e. The van der Waals surface area contributed by atoms with Gasteiger partial charge in [-0.3, -0.25) is 9.59 Å². The summed E-state index contributed by atoms with van der Waals surface area (Å²) in [5, 5.41) is 9.37. The number of carboxylic acids is 1. The second-order valence-corrected chi connectivity index (χ2v) is 7.58. The molecule has 2 aromatic carbocycles. The molecular weight excluding hydrogens is 358 g/mol. The summed E-state index contributed by atoms with van der Waals surface area (Å²) in [7, 11) is 0. The van der Waals surface area contributed by atoms with Crippen molar-refractivity contribution in [2.45, 2.75) is 10.8 Å². The lowest BCUT2D eigenvalue weighted by Gasteiger charge is -2.10. The lowest BCUT2D eigenvalue weighted by Crippen LogP contribution is -2.22. The first-order valence-corrected chi connectivity index (χ1v) is 9.39. The summed E-state index contributed by atoms with van der Waals surface area (Å²) in [6, 6.07) is 16.4. The van der Waals surface area contributed by atoms with E-state index in [2.05, 4.69) is 4.98 Å². The zero-order valence-electron chi connectivity index (χ0n) is 13.1. The molecule has 1 unspecified atom stereocenters. The number of aliphatic carboxylic acids is 1. The highest BCUT2D eigenvalue weighted by molar-refractivity contribution is 8.01. The van der Waals surface area contributed by atoms with Crippen molar-refractivity contribution in [3.63, 3.8) is 0 Å². The maximum Gasteiger partial charge on any atom is 0.312 e. The smallest absolute Gasteiger partial charge is 0.312 e. The quantitative estimate of drug-likeness (QED) is 0.382. The molecule has 0 aliphatic carbocycles. The van der Waals surface area contributed by atoms with E-state index in [-0.39, 0.29) is 12.2 Å². The Balaban J connectivity index is 1.59. The number of ether oxygens (including phenoxy) is 1. The standard InChI is InChI=1S/C18H15NO4S2/c20-16(23-13-6-2-1-3-7-13)10-12(17(21)22)11-24-18-19-14-8-4-5-9-15(14)25-18/h1-9,12H,10-11H2,(H,21,22). The van der Waals surface area contributed by atoms with Gasteiger partial charge in [0, 0.05) is 5.75 Å². The molecule has 7 heteroatoms. The molecule has 0 amide bonds. The van der Waals surface area contributed by atoms with Gasteiger partial charge in [-0.1, -0.05) is 42.1 Å². The van der Waals surface area contributed by atoms with Crippen LogP contribution in [0.2, 0.25) is 0 Å². The van der Waals surface area contributed by atoms with Crippen LogP contribution >= 0.6 is 23.1 Å². The van der Waals surface area contributed by atoms with E-state index < -0.39 is 17.9 Å². The molecule has 0 radical (unpaired) electrons. The summed E-state index contributed by atoms with van der Waals surface area (Å²) in [4.78, 5) is 27.9. The van der Waals surface area contributed by atoms with Gasteiger partial charge in [0.15, 0.2) is 4.34 Å². The minimum absolute atomic E-state index is 0.178. The van der Waals surface area contributed by atoms with Crippen molar-refractivity contribution in [3.8, 4) is 5.75 Å². The van der Waals surface area contributed by atoms with Crippen molar-refractivity contribution in [1.82, 2.24) is 4.98 Å². The van der Waals surface area contributed by atoms with Crippen molar-refractivity contribution >= 4 is 45.3 Å². The fourth-order valence-corrected chi connectivity index (χ4v) is 4.34. The molecule has 1 N–H and O–H groups in total. The molecule has 0 aliphatic rings. The van der Waals surface area contributed by atoms with Crippen LogP contribution in [-0.4, -0.2) is 27.8 Å². The van der Waals surface area contributed by atoms with Gasteiger partial charge >= 0.3 is 11.9 Å². The van der Waals surface area contributed by atoms with E-state index in [0.29, 0.717) is 5.75 Å². The highest BCUT2D eigenvalue weighted by atomic mass is 32.2. The van der Waals surface area contributed by atoms with Crippen molar-refractivity contribution < 1.29 is 19.4 Å². The Labute approximate surface area is 152 Å². The highest BCUT2D eigenvalue weighted by Crippen LogP contribution is 2.31. The van der Waals surface area contributed by atoms with E-state index in [4.69, 9.17) is 4.74 Å². The van der Waals surface area contributed by atoms with Crippen LogP contribution in [0.3, 0.4) is 0 Å². The Bertz CT molecular complexity index is 846. The number of hydrogen-bond acceptors (Lipinski definition) is 6. The second kappa shape index (κ2) is 8.13. The summed E-state index contributed by atoms with van der Waals surface area (Å²) < 4.78 is 7.02. The molecule has 0 fully saturated rings. The van der Waals surface area contributed by atoms with E-state index in [1.165, 1.54) is 23.1 Å². The first-order chi connectivity index (χ1) is 12.1. The molecule has 3 rings (SSSR count). The Morgan fingerprint density at radius 3 is 2.56 bits per heavy atom. The minimum Gasteiger partial charge on any atom is -0.481 e. The van der Waals surface area contributed by atoms with Crippen LogP contribution in [-0.2, 0) is 9.59 Å². The van der Waals surface area contributed by atoms with E-state index in [1.807, 2.05) is 30.3 Å². The van der Waals surface area contributed by atoms with E-state index >= 15 is 0 Å². The van der Waals surface area contributed by atoms with Crippen LogP contribution in [0.4, 0.5) is 0 Å². The molecule has 0 saturated heterocycles. The summed E-state index contributed by atoms with van der Waals surface area (Å²) in [6.07, 6.45) is -0.178. The molecule has 0 aliphatic heterocycles. The van der Waals surface area contributed by atoms with Crippen molar-refractivity contribution in [1.29, 1.82) is 0 Å². The summed E-state index contributed by atoms with van der Waals surface area (Å²) in [5.41, 5.74) is 0.894. The number of carbonyl (C=O) groups is 2. The molecule has 0 saturated carbocycles. The number of esters is 1. The van der Waals surface area contributed by atoms with Gasteiger partial charge in [-0.15, -0.1) is 11.3 Å². The van der Waals surface area contributed by atoms with Crippen molar-refractivity contribution in [2.75, 3.05) is 5.75 Å². The summed E-state index contributed by atoms with van der Waals surface area (Å²) in [5.74, 6) is -1.72. The summed E-state index contributed by atoms with van der Waals surface area (Å²) >= 11 is 2.86. The maximum atomic E-state index is 12.0. The predicted molar refractivity (Wildman–Crippen MR) is 98.2 cm³/mol. The zero-order valence-corrected chi connectivity index (χ0v) is 14.8. The number of nitrogens with zero attached hydrogens (tertiary/aromatic N) is 1. The Kier molecular flexibility index (Phi) is 5.67. The zero-order chi connectivity index (χ0) is 17.6. The molecule has 25 heavy (non-hydrogen) atoms. The molecule has 3 aromatic rings. The Morgan fingerprint density at radius 2 is 1.84 bits per heavy atom. The Hall–Kier alpha value is -2.38. The van der Waals surface area contributed by atoms with Crippen molar-refractivity contribution in [3.05, 3.63) is 54.6 Å². The average molecular weight is 373 g/mol. The van der Waals surface area contributed by atoms with Crippen LogP contribution in [0, 0.1) is 5.92 Å². The SMILES string of the molecule is O=C(CC(CSc1nc2ccccc2s1)C(=O)O)Oc1ccccc1. The number of aromatic nitrogens is 1. The van der Waals surface area contributed by atoms with Crippen LogP contribution in [0.1, 0.15) is 6.42 Å². The normalized spacial score (nSPS) is 12.0.